The van der Waals surface area contributed by atoms with Crippen molar-refractivity contribution in [3.8, 4) is 11.5 Å². The Morgan fingerprint density at radius 3 is 2.52 bits per heavy atom. The molecule has 0 amide bonds. The van der Waals surface area contributed by atoms with Gasteiger partial charge < -0.3 is 14.6 Å². The fourth-order valence-corrected chi connectivity index (χ4v) is 3.47. The molecule has 168 valence electrons. The number of aryl methyl sites for hydroxylation is 1. The number of allylic oxidation sites excluding steroid dienone is 1. The number of methoxy groups -OCH3 is 1. The van der Waals surface area contributed by atoms with Crippen molar-refractivity contribution in [1.82, 2.24) is 0 Å². The summed E-state index contributed by atoms with van der Waals surface area (Å²) in [6.45, 7) is 0.495. The number of nitrogens with one attached hydrogen (secondary N) is 1. The molecule has 0 bridgehead atoms. The molecular weight excluding hydrogens is 418 g/mol. The highest BCUT2D eigenvalue weighted by Crippen LogP contribution is 2.25. The van der Waals surface area contributed by atoms with Crippen molar-refractivity contribution in [1.29, 1.82) is 0 Å². The lowest BCUT2D eigenvalue weighted by molar-refractivity contribution is -0.136. The fraction of sp³-hybridized carbons (Fsp3) is 0.348. The topological polar surface area (TPSA) is 102 Å². The summed E-state index contributed by atoms with van der Waals surface area (Å²) in [5.41, 5.74) is 2.16. The maximum Gasteiger partial charge on any atom is 0.303 e. The van der Waals surface area contributed by atoms with Gasteiger partial charge in [-0.05, 0) is 67.1 Å². The molecule has 0 unspecified atom stereocenters. The number of carboxylic acids is 1. The minimum absolute atomic E-state index is 0.0607. The highest BCUT2D eigenvalue weighted by molar-refractivity contribution is 7.92. The van der Waals surface area contributed by atoms with E-state index in [-0.39, 0.29) is 12.8 Å². The number of anilines is 1. The first-order chi connectivity index (χ1) is 14.8. The van der Waals surface area contributed by atoms with E-state index in [9.17, 15) is 13.2 Å². The Morgan fingerprint density at radius 1 is 1.13 bits per heavy atom. The van der Waals surface area contributed by atoms with Crippen molar-refractivity contribution in [2.45, 2.75) is 32.1 Å². The molecule has 0 atom stereocenters. The molecule has 2 aromatic rings. The number of carbonyl (C=O) groups is 1. The van der Waals surface area contributed by atoms with Gasteiger partial charge in [0, 0.05) is 12.1 Å². The van der Waals surface area contributed by atoms with Crippen LogP contribution < -0.4 is 14.2 Å². The number of sulfonamides is 1. The lowest BCUT2D eigenvalue weighted by atomic mass is 10.1. The predicted molar refractivity (Wildman–Crippen MR) is 122 cm³/mol. The van der Waals surface area contributed by atoms with E-state index >= 15 is 0 Å². The molecule has 0 spiro atoms. The van der Waals surface area contributed by atoms with Gasteiger partial charge in [0.1, 0.15) is 11.5 Å². The highest BCUT2D eigenvalue weighted by atomic mass is 32.2. The molecule has 31 heavy (non-hydrogen) atoms. The monoisotopic (exact) mass is 447 g/mol. The van der Waals surface area contributed by atoms with E-state index in [0.29, 0.717) is 23.6 Å². The maximum atomic E-state index is 11.4. The molecule has 0 aliphatic rings. The van der Waals surface area contributed by atoms with Crippen molar-refractivity contribution in [2.75, 3.05) is 24.7 Å². The van der Waals surface area contributed by atoms with Gasteiger partial charge in [-0.3, -0.25) is 9.52 Å². The van der Waals surface area contributed by atoms with Gasteiger partial charge in [0.2, 0.25) is 10.0 Å². The van der Waals surface area contributed by atoms with Crippen LogP contribution in [0.5, 0.6) is 11.5 Å². The molecule has 0 saturated heterocycles. The number of hydrogen-bond donors (Lipinski definition) is 2. The smallest absolute Gasteiger partial charge is 0.303 e. The third-order valence-corrected chi connectivity index (χ3v) is 5.03. The lowest BCUT2D eigenvalue weighted by Crippen LogP contribution is -2.10. The number of benzene rings is 2. The fourth-order valence-electron chi connectivity index (χ4n) is 2.92. The molecule has 2 N–H and O–H groups in total. The van der Waals surface area contributed by atoms with E-state index in [4.69, 9.17) is 14.6 Å². The van der Waals surface area contributed by atoms with Crippen molar-refractivity contribution in [3.63, 3.8) is 0 Å². The van der Waals surface area contributed by atoms with Crippen LogP contribution >= 0.6 is 0 Å². The molecule has 0 fully saturated rings. The Bertz CT molecular complexity index is 984. The Kier molecular flexibility index (Phi) is 9.40. The third kappa shape index (κ3) is 9.57. The molecule has 7 nitrogen and oxygen atoms in total. The van der Waals surface area contributed by atoms with Gasteiger partial charge >= 0.3 is 5.97 Å². The van der Waals surface area contributed by atoms with Crippen molar-refractivity contribution < 1.29 is 27.8 Å². The summed E-state index contributed by atoms with van der Waals surface area (Å²) >= 11 is 0. The standard InChI is InChI=1S/C23H29NO6S/c1-29-21-12-8-18(9-13-21)7-5-3-4-6-16-30-22-14-11-20(24-31(2,27)28)17-19(22)10-15-23(25)26/h5,7-9,11-14,17,24H,3-4,6,10,15-16H2,1-2H3,(H,25,26)/b7-5+. The molecule has 0 saturated carbocycles. The first-order valence-corrected chi connectivity index (χ1v) is 11.9. The Balaban J connectivity index is 1.83. The molecule has 0 radical (unpaired) electrons. The molecule has 2 aromatic carbocycles. The molecule has 0 heterocycles. The molecular formula is C23H29NO6S. The van der Waals surface area contributed by atoms with E-state index < -0.39 is 16.0 Å². The first-order valence-electron chi connectivity index (χ1n) is 10.0. The van der Waals surface area contributed by atoms with Crippen molar-refractivity contribution >= 4 is 27.8 Å². The Labute approximate surface area is 183 Å². The summed E-state index contributed by atoms with van der Waals surface area (Å²) < 4.78 is 36.2. The summed E-state index contributed by atoms with van der Waals surface area (Å²) in [6, 6.07) is 12.8. The van der Waals surface area contributed by atoms with Crippen LogP contribution in [0.3, 0.4) is 0 Å². The second-order valence-corrected chi connectivity index (χ2v) is 8.86. The minimum atomic E-state index is -3.41. The zero-order chi connectivity index (χ0) is 22.7. The largest absolute Gasteiger partial charge is 0.497 e. The molecule has 8 heteroatoms. The summed E-state index contributed by atoms with van der Waals surface area (Å²) in [7, 11) is -1.77. The van der Waals surface area contributed by atoms with Crippen LogP contribution in [-0.2, 0) is 21.2 Å². The van der Waals surface area contributed by atoms with Crippen LogP contribution in [0.25, 0.3) is 6.08 Å². The van der Waals surface area contributed by atoms with Gasteiger partial charge in [-0.15, -0.1) is 0 Å². The number of carboxylic acid groups (broad SMARTS) is 1. The summed E-state index contributed by atoms with van der Waals surface area (Å²) in [4.78, 5) is 10.9. The van der Waals surface area contributed by atoms with Gasteiger partial charge in [0.05, 0.1) is 20.0 Å². The van der Waals surface area contributed by atoms with E-state index in [0.717, 1.165) is 36.8 Å². The second kappa shape index (κ2) is 12.0. The average Bonchev–Trinajstić information content (AvgIpc) is 2.72. The predicted octanol–water partition coefficient (Wildman–Crippen LogP) is 4.35. The quantitative estimate of drug-likeness (QED) is 0.443. The van der Waals surface area contributed by atoms with Gasteiger partial charge in [-0.2, -0.15) is 0 Å². The van der Waals surface area contributed by atoms with E-state index in [1.54, 1.807) is 25.3 Å². The van der Waals surface area contributed by atoms with E-state index in [2.05, 4.69) is 16.9 Å². The van der Waals surface area contributed by atoms with Crippen molar-refractivity contribution in [3.05, 3.63) is 59.7 Å². The summed E-state index contributed by atoms with van der Waals surface area (Å²) in [5.74, 6) is 0.488. The second-order valence-electron chi connectivity index (χ2n) is 7.11. The SMILES string of the molecule is COc1ccc(/C=C/CCCCOc2ccc(NS(C)(=O)=O)cc2CCC(=O)O)cc1. The summed E-state index contributed by atoms with van der Waals surface area (Å²) in [6.07, 6.45) is 8.16. The lowest BCUT2D eigenvalue weighted by Gasteiger charge is -2.13. The van der Waals surface area contributed by atoms with Crippen LogP contribution in [0.2, 0.25) is 0 Å². The molecule has 2 rings (SSSR count). The molecule has 0 aliphatic heterocycles. The molecule has 0 aliphatic carbocycles. The summed E-state index contributed by atoms with van der Waals surface area (Å²) in [5, 5.41) is 8.96. The normalized spacial score (nSPS) is 11.4. The number of aliphatic carboxylic acids is 1. The van der Waals surface area contributed by atoms with Crippen LogP contribution in [0.4, 0.5) is 5.69 Å². The number of ether oxygens (including phenoxy) is 2. The zero-order valence-corrected chi connectivity index (χ0v) is 18.7. The Hall–Kier alpha value is -3.00. The van der Waals surface area contributed by atoms with Crippen LogP contribution in [0.15, 0.2) is 48.5 Å². The van der Waals surface area contributed by atoms with E-state index in [1.165, 1.54) is 0 Å². The zero-order valence-electron chi connectivity index (χ0n) is 17.8. The van der Waals surface area contributed by atoms with Gasteiger partial charge in [0.25, 0.3) is 0 Å². The molecule has 0 aromatic heterocycles. The van der Waals surface area contributed by atoms with Gasteiger partial charge in [0.15, 0.2) is 0 Å². The number of hydrogen-bond acceptors (Lipinski definition) is 5. The van der Waals surface area contributed by atoms with Crippen LogP contribution in [0.1, 0.15) is 36.8 Å². The maximum absolute atomic E-state index is 11.4. The van der Waals surface area contributed by atoms with Crippen LogP contribution in [-0.4, -0.2) is 39.5 Å². The van der Waals surface area contributed by atoms with E-state index in [1.807, 2.05) is 24.3 Å². The third-order valence-electron chi connectivity index (χ3n) is 4.42. The number of unbranched alkanes of at least 4 members (excludes halogenated alkanes) is 2. The van der Waals surface area contributed by atoms with Gasteiger partial charge in [-0.25, -0.2) is 8.42 Å². The Morgan fingerprint density at radius 2 is 1.87 bits per heavy atom. The average molecular weight is 448 g/mol. The highest BCUT2D eigenvalue weighted by Gasteiger charge is 2.10. The van der Waals surface area contributed by atoms with Crippen molar-refractivity contribution in [2.24, 2.45) is 0 Å². The first kappa shape index (κ1) is 24.3. The van der Waals surface area contributed by atoms with Crippen LogP contribution in [0, 0.1) is 0 Å². The van der Waals surface area contributed by atoms with Gasteiger partial charge in [-0.1, -0.05) is 24.3 Å². The number of rotatable bonds is 13. The minimum Gasteiger partial charge on any atom is -0.497 e.